The van der Waals surface area contributed by atoms with Crippen molar-refractivity contribution in [3.8, 4) is 0 Å². The first kappa shape index (κ1) is 11.2. The number of nitrogens with zero attached hydrogens (tertiary/aromatic N) is 1. The van der Waals surface area contributed by atoms with E-state index in [2.05, 4.69) is 0 Å². The molecule has 1 fully saturated rings. The molecule has 0 unspecified atom stereocenters. The highest BCUT2D eigenvalue weighted by Crippen LogP contribution is 2.25. The second-order valence-corrected chi connectivity index (χ2v) is 4.08. The van der Waals surface area contributed by atoms with E-state index < -0.39 is 5.54 Å². The topological polar surface area (TPSA) is 46.6 Å². The molecule has 14 heavy (non-hydrogen) atoms. The molecule has 1 saturated heterocycles. The molecular formula is C10H17NO3. The molecule has 0 aliphatic carbocycles. The minimum absolute atomic E-state index is 0.0868. The van der Waals surface area contributed by atoms with Gasteiger partial charge in [0.05, 0.1) is 6.61 Å². The lowest BCUT2D eigenvalue weighted by Crippen LogP contribution is -2.61. The molecule has 0 radical (unpaired) electrons. The first-order valence-electron chi connectivity index (χ1n) is 4.90. The van der Waals surface area contributed by atoms with Crippen LogP contribution in [0.25, 0.3) is 0 Å². The van der Waals surface area contributed by atoms with Gasteiger partial charge >= 0.3 is 5.97 Å². The van der Waals surface area contributed by atoms with Gasteiger partial charge in [-0.25, -0.2) is 0 Å². The summed E-state index contributed by atoms with van der Waals surface area (Å²) in [7, 11) is 0. The molecule has 1 aliphatic heterocycles. The van der Waals surface area contributed by atoms with Gasteiger partial charge in [-0.1, -0.05) is 0 Å². The summed E-state index contributed by atoms with van der Waals surface area (Å²) >= 11 is 0. The first-order valence-corrected chi connectivity index (χ1v) is 4.90. The zero-order valence-electron chi connectivity index (χ0n) is 8.95. The van der Waals surface area contributed by atoms with Crippen LogP contribution >= 0.6 is 0 Å². The number of hydrogen-bond donors (Lipinski definition) is 0. The molecule has 0 spiro atoms. The Morgan fingerprint density at radius 1 is 1.57 bits per heavy atom. The summed E-state index contributed by atoms with van der Waals surface area (Å²) in [5, 5.41) is 0. The summed E-state index contributed by atoms with van der Waals surface area (Å²) in [5.74, 6) is -0.131. The Kier molecular flexibility index (Phi) is 3.26. The van der Waals surface area contributed by atoms with Crippen molar-refractivity contribution >= 4 is 12.3 Å². The van der Waals surface area contributed by atoms with Crippen LogP contribution in [0.2, 0.25) is 0 Å². The quantitative estimate of drug-likeness (QED) is 0.487. The molecule has 1 aliphatic rings. The molecular weight excluding hydrogens is 182 g/mol. The van der Waals surface area contributed by atoms with Gasteiger partial charge in [0.2, 0.25) is 0 Å². The molecule has 0 bridgehead atoms. The van der Waals surface area contributed by atoms with Crippen LogP contribution in [0.3, 0.4) is 0 Å². The lowest BCUT2D eigenvalue weighted by atomic mass is 9.92. The van der Waals surface area contributed by atoms with Crippen LogP contribution in [0.15, 0.2) is 0 Å². The van der Waals surface area contributed by atoms with E-state index in [-0.39, 0.29) is 11.9 Å². The van der Waals surface area contributed by atoms with Gasteiger partial charge in [0.15, 0.2) is 0 Å². The van der Waals surface area contributed by atoms with Gasteiger partial charge in [0.25, 0.3) is 0 Å². The van der Waals surface area contributed by atoms with Crippen molar-refractivity contribution in [3.63, 3.8) is 0 Å². The first-order chi connectivity index (χ1) is 6.52. The number of aldehydes is 1. The fraction of sp³-hybridized carbons (Fsp3) is 0.800. The third-order valence-corrected chi connectivity index (χ3v) is 2.67. The highest BCUT2D eigenvalue weighted by molar-refractivity contribution is 5.80. The second-order valence-electron chi connectivity index (χ2n) is 4.08. The molecule has 0 amide bonds. The van der Waals surface area contributed by atoms with E-state index in [1.54, 1.807) is 6.92 Å². The zero-order valence-corrected chi connectivity index (χ0v) is 8.95. The van der Waals surface area contributed by atoms with Crippen molar-refractivity contribution in [2.75, 3.05) is 19.7 Å². The van der Waals surface area contributed by atoms with E-state index in [0.717, 1.165) is 6.29 Å². The summed E-state index contributed by atoms with van der Waals surface area (Å²) < 4.78 is 4.96. The van der Waals surface area contributed by atoms with Gasteiger partial charge in [-0.05, 0) is 20.8 Å². The zero-order chi connectivity index (χ0) is 10.8. The number of ether oxygens (including phenoxy) is 1. The Bertz CT molecular complexity index is 232. The Morgan fingerprint density at radius 3 is 2.57 bits per heavy atom. The predicted molar refractivity (Wildman–Crippen MR) is 51.8 cm³/mol. The van der Waals surface area contributed by atoms with Crippen molar-refractivity contribution in [2.45, 2.75) is 26.3 Å². The van der Waals surface area contributed by atoms with Crippen molar-refractivity contribution in [3.05, 3.63) is 0 Å². The summed E-state index contributed by atoms with van der Waals surface area (Å²) in [6.07, 6.45) is 0.942. The summed E-state index contributed by atoms with van der Waals surface area (Å²) in [6, 6.07) is 0. The van der Waals surface area contributed by atoms with E-state index in [1.807, 2.05) is 18.7 Å². The van der Waals surface area contributed by atoms with Gasteiger partial charge < -0.3 is 9.53 Å². The normalized spacial score (nSPS) is 18.8. The van der Waals surface area contributed by atoms with Gasteiger partial charge in [-0.15, -0.1) is 0 Å². The Morgan fingerprint density at radius 2 is 2.14 bits per heavy atom. The Balaban J connectivity index is 2.50. The van der Waals surface area contributed by atoms with E-state index in [1.165, 1.54) is 0 Å². The molecule has 4 nitrogen and oxygen atoms in total. The van der Waals surface area contributed by atoms with Gasteiger partial charge in [-0.2, -0.15) is 0 Å². The minimum Gasteiger partial charge on any atom is -0.465 e. The monoisotopic (exact) mass is 199 g/mol. The summed E-state index contributed by atoms with van der Waals surface area (Å²) in [5.41, 5.74) is -0.602. The van der Waals surface area contributed by atoms with Crippen LogP contribution < -0.4 is 0 Å². The number of hydrogen-bond acceptors (Lipinski definition) is 4. The highest BCUT2D eigenvalue weighted by Gasteiger charge is 2.42. The third-order valence-electron chi connectivity index (χ3n) is 2.67. The van der Waals surface area contributed by atoms with Crippen molar-refractivity contribution in [2.24, 2.45) is 5.92 Å². The van der Waals surface area contributed by atoms with Crippen LogP contribution in [0.4, 0.5) is 0 Å². The average Bonchev–Trinajstić information content (AvgIpc) is 2.02. The highest BCUT2D eigenvalue weighted by atomic mass is 16.5. The number of esters is 1. The average molecular weight is 199 g/mol. The molecule has 1 rings (SSSR count). The van der Waals surface area contributed by atoms with Crippen molar-refractivity contribution in [1.29, 1.82) is 0 Å². The lowest BCUT2D eigenvalue weighted by Gasteiger charge is -2.45. The summed E-state index contributed by atoms with van der Waals surface area (Å²) in [4.78, 5) is 23.9. The van der Waals surface area contributed by atoms with Crippen molar-refractivity contribution < 1.29 is 14.3 Å². The van der Waals surface area contributed by atoms with E-state index in [0.29, 0.717) is 19.7 Å². The molecule has 4 heteroatoms. The molecule has 0 aromatic heterocycles. The van der Waals surface area contributed by atoms with Gasteiger partial charge in [0.1, 0.15) is 11.8 Å². The number of carbonyl (C=O) groups excluding carboxylic acids is 2. The second kappa shape index (κ2) is 4.09. The Hall–Kier alpha value is -0.900. The van der Waals surface area contributed by atoms with E-state index >= 15 is 0 Å². The smallest absolute Gasteiger partial charge is 0.325 e. The van der Waals surface area contributed by atoms with Gasteiger partial charge in [-0.3, -0.25) is 9.69 Å². The van der Waals surface area contributed by atoms with Gasteiger partial charge in [0, 0.05) is 19.0 Å². The maximum atomic E-state index is 11.5. The van der Waals surface area contributed by atoms with Crippen LogP contribution in [0.5, 0.6) is 0 Å². The molecule has 0 saturated carbocycles. The molecule has 0 atom stereocenters. The number of carbonyl (C=O) groups is 2. The lowest BCUT2D eigenvalue weighted by molar-refractivity contribution is -0.161. The summed E-state index contributed by atoms with van der Waals surface area (Å²) in [6.45, 7) is 7.16. The van der Waals surface area contributed by atoms with Crippen LogP contribution in [-0.4, -0.2) is 42.4 Å². The number of likely N-dealkylation sites (tertiary alicyclic amines) is 1. The fourth-order valence-corrected chi connectivity index (χ4v) is 1.49. The Labute approximate surface area is 84.2 Å². The van der Waals surface area contributed by atoms with Crippen molar-refractivity contribution in [1.82, 2.24) is 4.90 Å². The maximum absolute atomic E-state index is 11.5. The molecule has 80 valence electrons. The minimum atomic E-state index is -0.602. The van der Waals surface area contributed by atoms with Crippen LogP contribution in [0.1, 0.15) is 20.8 Å². The fourth-order valence-electron chi connectivity index (χ4n) is 1.49. The number of rotatable bonds is 4. The molecule has 0 aromatic carbocycles. The molecule has 1 heterocycles. The standard InChI is InChI=1S/C10H17NO3/c1-4-14-9(13)10(2,3)11-5-8(6-11)7-12/h7-8H,4-6H2,1-3H3. The maximum Gasteiger partial charge on any atom is 0.325 e. The predicted octanol–water partition coefficient (Wildman–Crippen LogP) is 0.459. The molecule has 0 N–H and O–H groups in total. The molecule has 0 aromatic rings. The SMILES string of the molecule is CCOC(=O)C(C)(C)N1CC(C=O)C1. The third kappa shape index (κ3) is 1.95. The largest absolute Gasteiger partial charge is 0.465 e. The van der Waals surface area contributed by atoms with E-state index in [4.69, 9.17) is 4.74 Å². The van der Waals surface area contributed by atoms with Crippen LogP contribution in [-0.2, 0) is 14.3 Å². The van der Waals surface area contributed by atoms with E-state index in [9.17, 15) is 9.59 Å². The van der Waals surface area contributed by atoms with Crippen LogP contribution in [0, 0.1) is 5.92 Å².